The number of ether oxygens (including phenoxy) is 1. The van der Waals surface area contributed by atoms with E-state index in [1.807, 2.05) is 0 Å². The molecule has 0 aromatic carbocycles. The minimum absolute atomic E-state index is 0.352. The number of fused-ring (bicyclic) bond motifs is 2. The lowest BCUT2D eigenvalue weighted by molar-refractivity contribution is -0.873. The highest BCUT2D eigenvalue weighted by molar-refractivity contribution is 5.06. The molecule has 0 aromatic rings. The molecular weight excluding hydrogens is 238 g/mol. The quantitative estimate of drug-likeness (QED) is 0.776. The first-order chi connectivity index (χ1) is 8.63. The Morgan fingerprint density at radius 1 is 1.21 bits per heavy atom. The monoisotopic (exact) mass is 270 g/mol. The van der Waals surface area contributed by atoms with Crippen LogP contribution in [0.5, 0.6) is 0 Å². The minimum atomic E-state index is -0.352. The molecule has 1 N–H and O–H groups in total. The molecule has 0 amide bonds. The van der Waals surface area contributed by atoms with E-state index >= 15 is 0 Å². The van der Waals surface area contributed by atoms with Crippen molar-refractivity contribution >= 4 is 0 Å². The van der Waals surface area contributed by atoms with Crippen molar-refractivity contribution in [1.82, 2.24) is 0 Å². The highest BCUT2D eigenvalue weighted by Gasteiger charge is 2.57. The summed E-state index contributed by atoms with van der Waals surface area (Å²) in [6.45, 7) is 8.38. The van der Waals surface area contributed by atoms with Crippen molar-refractivity contribution in [1.29, 1.82) is 0 Å². The third-order valence-electron chi connectivity index (χ3n) is 5.49. The van der Waals surface area contributed by atoms with E-state index in [1.165, 1.54) is 12.8 Å². The fourth-order valence-corrected chi connectivity index (χ4v) is 4.68. The van der Waals surface area contributed by atoms with Crippen LogP contribution in [0.25, 0.3) is 0 Å². The molecule has 2 aliphatic carbocycles. The second-order valence-electron chi connectivity index (χ2n) is 8.40. The largest absolute Gasteiger partial charge is 0.385 e. The zero-order chi connectivity index (χ0) is 14.4. The second-order valence-corrected chi connectivity index (χ2v) is 8.40. The van der Waals surface area contributed by atoms with E-state index < -0.39 is 0 Å². The normalized spacial score (nSPS) is 38.7. The molecule has 112 valence electrons. The van der Waals surface area contributed by atoms with Crippen molar-refractivity contribution in [3.05, 3.63) is 0 Å². The van der Waals surface area contributed by atoms with Crippen molar-refractivity contribution in [3.8, 4) is 0 Å². The van der Waals surface area contributed by atoms with Crippen LogP contribution in [0, 0.1) is 23.2 Å². The van der Waals surface area contributed by atoms with Crippen LogP contribution in [0.3, 0.4) is 0 Å². The number of hydrogen-bond acceptors (Lipinski definition) is 2. The lowest BCUT2D eigenvalue weighted by Gasteiger charge is -2.31. The molecule has 0 saturated heterocycles. The number of aliphatic hydroxyl groups excluding tert-OH is 1. The maximum atomic E-state index is 10.1. The molecule has 0 unspecified atom stereocenters. The summed E-state index contributed by atoms with van der Waals surface area (Å²) in [6, 6.07) is 0. The molecule has 0 aliphatic heterocycles. The van der Waals surface area contributed by atoms with E-state index in [2.05, 4.69) is 41.9 Å². The minimum Gasteiger partial charge on any atom is -0.385 e. The van der Waals surface area contributed by atoms with Crippen molar-refractivity contribution < 1.29 is 14.3 Å². The van der Waals surface area contributed by atoms with Crippen LogP contribution in [0.1, 0.15) is 33.6 Å². The maximum Gasteiger partial charge on any atom is 0.126 e. The first-order valence-corrected chi connectivity index (χ1v) is 7.73. The molecule has 2 aliphatic rings. The van der Waals surface area contributed by atoms with Gasteiger partial charge in [0.05, 0.1) is 33.9 Å². The molecule has 2 rings (SSSR count). The molecule has 0 aromatic heterocycles. The number of nitrogens with zero attached hydrogens (tertiary/aromatic N) is 1. The Morgan fingerprint density at radius 2 is 1.79 bits per heavy atom. The highest BCUT2D eigenvalue weighted by Crippen LogP contribution is 2.60. The lowest BCUT2D eigenvalue weighted by atomic mass is 9.80. The van der Waals surface area contributed by atoms with Crippen molar-refractivity contribution in [2.45, 2.75) is 45.8 Å². The summed E-state index contributed by atoms with van der Waals surface area (Å²) >= 11 is 0. The van der Waals surface area contributed by atoms with Gasteiger partial charge in [-0.1, -0.05) is 20.8 Å². The highest BCUT2D eigenvalue weighted by atomic mass is 16.5. The third kappa shape index (κ3) is 2.98. The average molecular weight is 270 g/mol. The molecule has 3 heteroatoms. The summed E-state index contributed by atoms with van der Waals surface area (Å²) in [7, 11) is 6.31. The molecule has 0 heterocycles. The van der Waals surface area contributed by atoms with Gasteiger partial charge in [-0.25, -0.2) is 0 Å². The Hall–Kier alpha value is -0.120. The Balaban J connectivity index is 1.88. The van der Waals surface area contributed by atoms with Crippen LogP contribution in [-0.4, -0.2) is 56.1 Å². The van der Waals surface area contributed by atoms with Gasteiger partial charge in [0.15, 0.2) is 0 Å². The summed E-state index contributed by atoms with van der Waals surface area (Å²) < 4.78 is 6.91. The SMILES string of the molecule is C[C@@H]1[C@@H](OC[C@H](O)C[N+](C)(C)C)[C@H]2CC[C@H]1C2(C)C. The second kappa shape index (κ2) is 5.01. The van der Waals surface area contributed by atoms with Crippen molar-refractivity contribution in [2.75, 3.05) is 34.3 Å². The van der Waals surface area contributed by atoms with E-state index in [4.69, 9.17) is 4.74 Å². The van der Waals surface area contributed by atoms with E-state index in [1.54, 1.807) is 0 Å². The Labute approximate surface area is 118 Å². The third-order valence-corrected chi connectivity index (χ3v) is 5.49. The fraction of sp³-hybridized carbons (Fsp3) is 1.00. The summed E-state index contributed by atoms with van der Waals surface area (Å²) in [5.41, 5.74) is 0.426. The number of quaternary nitrogens is 1. The van der Waals surface area contributed by atoms with Crippen LogP contribution in [-0.2, 0) is 4.74 Å². The molecule has 0 radical (unpaired) electrons. The summed E-state index contributed by atoms with van der Waals surface area (Å²) in [4.78, 5) is 0. The van der Waals surface area contributed by atoms with Crippen LogP contribution >= 0.6 is 0 Å². The van der Waals surface area contributed by atoms with Crippen LogP contribution in [0.2, 0.25) is 0 Å². The van der Waals surface area contributed by atoms with E-state index in [9.17, 15) is 5.11 Å². The van der Waals surface area contributed by atoms with Crippen LogP contribution in [0.15, 0.2) is 0 Å². The fourth-order valence-electron chi connectivity index (χ4n) is 4.68. The van der Waals surface area contributed by atoms with Gasteiger partial charge in [0.25, 0.3) is 0 Å². The van der Waals surface area contributed by atoms with Gasteiger partial charge in [-0.15, -0.1) is 0 Å². The number of aliphatic hydroxyl groups is 1. The predicted octanol–water partition coefficient (Wildman–Crippen LogP) is 2.14. The number of hydrogen-bond donors (Lipinski definition) is 1. The zero-order valence-corrected chi connectivity index (χ0v) is 13.5. The molecule has 2 saturated carbocycles. The summed E-state index contributed by atoms with van der Waals surface area (Å²) in [6.07, 6.45) is 2.67. The molecule has 3 nitrogen and oxygen atoms in total. The molecule has 2 bridgehead atoms. The van der Waals surface area contributed by atoms with Gasteiger partial charge in [-0.3, -0.25) is 0 Å². The van der Waals surface area contributed by atoms with E-state index in [0.717, 1.165) is 16.9 Å². The van der Waals surface area contributed by atoms with Crippen molar-refractivity contribution in [2.24, 2.45) is 23.2 Å². The Kier molecular flexibility index (Phi) is 4.03. The molecular formula is C16H32NO2+. The molecule has 0 spiro atoms. The maximum absolute atomic E-state index is 10.1. The average Bonchev–Trinajstić information content (AvgIpc) is 2.60. The van der Waals surface area contributed by atoms with Gasteiger partial charge in [0, 0.05) is 0 Å². The molecule has 2 fully saturated rings. The van der Waals surface area contributed by atoms with Gasteiger partial charge < -0.3 is 14.3 Å². The van der Waals surface area contributed by atoms with E-state index in [-0.39, 0.29) is 6.10 Å². The standard InChI is InChI=1S/C16H32NO2/c1-11-13-7-8-14(16(13,2)3)15(11)19-10-12(18)9-17(4,5)6/h11-15,18H,7-10H2,1-6H3/q+1/t11-,12+,13+,14+,15+/m0/s1. The number of rotatable bonds is 5. The summed E-state index contributed by atoms with van der Waals surface area (Å²) in [5.74, 6) is 2.13. The van der Waals surface area contributed by atoms with Gasteiger partial charge in [-0.05, 0) is 36.0 Å². The van der Waals surface area contributed by atoms with Gasteiger partial charge in [-0.2, -0.15) is 0 Å². The smallest absolute Gasteiger partial charge is 0.126 e. The van der Waals surface area contributed by atoms with Gasteiger partial charge >= 0.3 is 0 Å². The topological polar surface area (TPSA) is 29.5 Å². The molecule has 5 atom stereocenters. The van der Waals surface area contributed by atoms with Crippen LogP contribution < -0.4 is 0 Å². The number of likely N-dealkylation sites (N-methyl/N-ethyl adjacent to an activating group) is 1. The molecule has 19 heavy (non-hydrogen) atoms. The Morgan fingerprint density at radius 3 is 2.26 bits per heavy atom. The van der Waals surface area contributed by atoms with Gasteiger partial charge in [0.1, 0.15) is 12.6 Å². The van der Waals surface area contributed by atoms with Gasteiger partial charge in [0.2, 0.25) is 0 Å². The predicted molar refractivity (Wildman–Crippen MR) is 77.8 cm³/mol. The zero-order valence-electron chi connectivity index (χ0n) is 13.5. The van der Waals surface area contributed by atoms with Crippen LogP contribution in [0.4, 0.5) is 0 Å². The first-order valence-electron chi connectivity index (χ1n) is 7.73. The lowest BCUT2D eigenvalue weighted by Crippen LogP contribution is -2.44. The summed E-state index contributed by atoms with van der Waals surface area (Å²) in [5, 5.41) is 10.1. The van der Waals surface area contributed by atoms with E-state index in [0.29, 0.717) is 30.0 Å². The first kappa shape index (κ1) is 15.3. The Bertz CT molecular complexity index is 321. The van der Waals surface area contributed by atoms with Crippen molar-refractivity contribution in [3.63, 3.8) is 0 Å².